The van der Waals surface area contributed by atoms with Crippen molar-refractivity contribution >= 4 is 23.1 Å². The summed E-state index contributed by atoms with van der Waals surface area (Å²) in [5, 5.41) is 17.6. The third-order valence-electron chi connectivity index (χ3n) is 3.57. The molecule has 3 heterocycles. The van der Waals surface area contributed by atoms with Crippen LogP contribution in [0, 0.1) is 0 Å². The van der Waals surface area contributed by atoms with Crippen molar-refractivity contribution in [2.24, 2.45) is 0 Å². The minimum atomic E-state index is 0.562. The number of hydrogen-bond donors (Lipinski definition) is 0. The number of thiophene rings is 1. The molecule has 0 saturated heterocycles. The highest BCUT2D eigenvalue weighted by atomic mass is 32.2. The predicted molar refractivity (Wildman–Crippen MR) is 89.4 cm³/mol. The Bertz CT molecular complexity index is 804. The van der Waals surface area contributed by atoms with Crippen LogP contribution in [0.25, 0.3) is 11.5 Å². The van der Waals surface area contributed by atoms with Crippen molar-refractivity contribution in [1.82, 2.24) is 24.9 Å². The fraction of sp³-hybridized carbons (Fsp3) is 0.333. The van der Waals surface area contributed by atoms with E-state index < -0.39 is 0 Å². The molecule has 4 rings (SSSR count). The number of rotatable bonds is 7. The molecule has 1 fully saturated rings. The van der Waals surface area contributed by atoms with E-state index in [1.807, 2.05) is 22.9 Å². The third-order valence-corrected chi connectivity index (χ3v) is 5.21. The van der Waals surface area contributed by atoms with Crippen LogP contribution in [0.5, 0.6) is 0 Å². The van der Waals surface area contributed by atoms with Gasteiger partial charge in [-0.2, -0.15) is 16.3 Å². The van der Waals surface area contributed by atoms with Crippen molar-refractivity contribution in [1.29, 1.82) is 0 Å². The summed E-state index contributed by atoms with van der Waals surface area (Å²) in [5.41, 5.74) is 0.963. The molecule has 0 unspecified atom stereocenters. The van der Waals surface area contributed by atoms with Crippen molar-refractivity contribution in [3.8, 4) is 11.5 Å². The van der Waals surface area contributed by atoms with Gasteiger partial charge in [-0.15, -0.1) is 16.8 Å². The minimum Gasteiger partial charge on any atom is -0.334 e. The van der Waals surface area contributed by atoms with Crippen LogP contribution in [0.4, 0.5) is 0 Å². The summed E-state index contributed by atoms with van der Waals surface area (Å²) in [5.74, 6) is 3.46. The molecule has 0 radical (unpaired) electrons. The average Bonchev–Trinajstić information content (AvgIpc) is 2.97. The van der Waals surface area contributed by atoms with Crippen LogP contribution in [-0.2, 0) is 12.3 Å². The molecule has 0 aromatic carbocycles. The molecule has 1 saturated carbocycles. The van der Waals surface area contributed by atoms with Crippen LogP contribution >= 0.6 is 23.1 Å². The van der Waals surface area contributed by atoms with Crippen molar-refractivity contribution in [3.63, 3.8) is 0 Å². The lowest BCUT2D eigenvalue weighted by molar-refractivity contribution is 0.425. The average molecular weight is 345 g/mol. The zero-order valence-corrected chi connectivity index (χ0v) is 14.0. The van der Waals surface area contributed by atoms with E-state index >= 15 is 0 Å². The van der Waals surface area contributed by atoms with E-state index in [1.54, 1.807) is 23.1 Å². The van der Waals surface area contributed by atoms with Crippen LogP contribution in [0.3, 0.4) is 0 Å². The monoisotopic (exact) mass is 345 g/mol. The molecule has 3 aromatic heterocycles. The fourth-order valence-electron chi connectivity index (χ4n) is 2.30. The molecule has 0 amide bonds. The van der Waals surface area contributed by atoms with Crippen molar-refractivity contribution in [3.05, 3.63) is 41.1 Å². The fourth-order valence-corrected chi connectivity index (χ4v) is 3.72. The first kappa shape index (κ1) is 14.6. The largest absolute Gasteiger partial charge is 0.334 e. The Morgan fingerprint density at radius 2 is 2.35 bits per heavy atom. The standard InChI is InChI=1S/C15H15N5OS2/c1-2-6-20-13(10-3-4-10)17-18-15(20)23-9-12-16-14(21-19-12)11-5-7-22-8-11/h2,5,7-8,10H,1,3-4,6,9H2. The van der Waals surface area contributed by atoms with E-state index in [0.29, 0.717) is 23.4 Å². The lowest BCUT2D eigenvalue weighted by Crippen LogP contribution is -2.02. The zero-order valence-electron chi connectivity index (χ0n) is 12.4. The Morgan fingerprint density at radius 3 is 3.09 bits per heavy atom. The zero-order chi connectivity index (χ0) is 15.6. The molecule has 0 atom stereocenters. The SMILES string of the molecule is C=CCn1c(SCc2noc(-c3ccsc3)n2)nnc1C1CC1. The van der Waals surface area contributed by atoms with E-state index in [-0.39, 0.29) is 0 Å². The van der Waals surface area contributed by atoms with Gasteiger partial charge >= 0.3 is 0 Å². The number of aromatic nitrogens is 5. The van der Waals surface area contributed by atoms with Crippen LogP contribution in [0.1, 0.15) is 30.4 Å². The highest BCUT2D eigenvalue weighted by molar-refractivity contribution is 7.98. The van der Waals surface area contributed by atoms with Gasteiger partial charge in [-0.05, 0) is 24.3 Å². The first-order chi connectivity index (χ1) is 11.3. The molecule has 118 valence electrons. The molecule has 8 heteroatoms. The number of hydrogen-bond acceptors (Lipinski definition) is 7. The summed E-state index contributed by atoms with van der Waals surface area (Å²) in [4.78, 5) is 4.43. The van der Waals surface area contributed by atoms with Crippen LogP contribution in [-0.4, -0.2) is 24.9 Å². The van der Waals surface area contributed by atoms with Gasteiger partial charge in [0.2, 0.25) is 0 Å². The van der Waals surface area contributed by atoms with Crippen molar-refractivity contribution < 1.29 is 4.52 Å². The van der Waals surface area contributed by atoms with Gasteiger partial charge < -0.3 is 9.09 Å². The molecule has 0 spiro atoms. The molecular formula is C15H15N5OS2. The van der Waals surface area contributed by atoms with Gasteiger partial charge in [-0.1, -0.05) is 23.0 Å². The van der Waals surface area contributed by atoms with Crippen molar-refractivity contribution in [2.45, 2.75) is 36.2 Å². The van der Waals surface area contributed by atoms with Crippen LogP contribution in [0.2, 0.25) is 0 Å². The summed E-state index contributed by atoms with van der Waals surface area (Å²) < 4.78 is 7.44. The molecule has 3 aromatic rings. The van der Waals surface area contributed by atoms with E-state index in [1.165, 1.54) is 12.8 Å². The van der Waals surface area contributed by atoms with Crippen LogP contribution < -0.4 is 0 Å². The van der Waals surface area contributed by atoms with Gasteiger partial charge in [0.1, 0.15) is 5.82 Å². The van der Waals surface area contributed by atoms with Gasteiger partial charge in [0.15, 0.2) is 11.0 Å². The highest BCUT2D eigenvalue weighted by Gasteiger charge is 2.30. The summed E-state index contributed by atoms with van der Waals surface area (Å²) in [6, 6.07) is 1.97. The first-order valence-electron chi connectivity index (χ1n) is 7.37. The molecule has 1 aliphatic carbocycles. The second kappa shape index (κ2) is 6.29. The predicted octanol–water partition coefficient (Wildman–Crippen LogP) is 3.75. The number of nitrogens with zero attached hydrogens (tertiary/aromatic N) is 5. The highest BCUT2D eigenvalue weighted by Crippen LogP contribution is 2.40. The van der Waals surface area contributed by atoms with E-state index in [0.717, 1.165) is 23.1 Å². The lowest BCUT2D eigenvalue weighted by atomic mass is 10.3. The smallest absolute Gasteiger partial charge is 0.258 e. The molecule has 0 bridgehead atoms. The van der Waals surface area contributed by atoms with Crippen LogP contribution in [0.15, 0.2) is 39.2 Å². The molecular weight excluding hydrogens is 330 g/mol. The number of allylic oxidation sites excluding steroid dienone is 1. The van der Waals surface area contributed by atoms with Gasteiger partial charge in [-0.3, -0.25) is 0 Å². The summed E-state index contributed by atoms with van der Waals surface area (Å²) >= 11 is 3.18. The maximum Gasteiger partial charge on any atom is 0.258 e. The summed E-state index contributed by atoms with van der Waals surface area (Å²) in [7, 11) is 0. The Balaban J connectivity index is 1.47. The van der Waals surface area contributed by atoms with E-state index in [4.69, 9.17) is 4.52 Å². The first-order valence-corrected chi connectivity index (χ1v) is 9.30. The maximum absolute atomic E-state index is 5.30. The van der Waals surface area contributed by atoms with Gasteiger partial charge in [0, 0.05) is 17.8 Å². The Morgan fingerprint density at radius 1 is 1.43 bits per heavy atom. The van der Waals surface area contributed by atoms with Gasteiger partial charge in [0.25, 0.3) is 5.89 Å². The topological polar surface area (TPSA) is 69.6 Å². The minimum absolute atomic E-state index is 0.562. The molecule has 1 aliphatic rings. The summed E-state index contributed by atoms with van der Waals surface area (Å²) in [6.45, 7) is 4.55. The lowest BCUT2D eigenvalue weighted by Gasteiger charge is -2.05. The molecule has 0 aliphatic heterocycles. The van der Waals surface area contributed by atoms with Gasteiger partial charge in [0.05, 0.1) is 11.3 Å². The Hall–Kier alpha value is -1.93. The molecule has 0 N–H and O–H groups in total. The van der Waals surface area contributed by atoms with E-state index in [9.17, 15) is 0 Å². The molecule has 23 heavy (non-hydrogen) atoms. The Kier molecular flexibility index (Phi) is 4.00. The quantitative estimate of drug-likeness (QED) is 0.480. The third kappa shape index (κ3) is 3.09. The second-order valence-electron chi connectivity index (χ2n) is 5.33. The van der Waals surface area contributed by atoms with E-state index in [2.05, 4.69) is 31.5 Å². The molecule has 6 nitrogen and oxygen atoms in total. The maximum atomic E-state index is 5.30. The van der Waals surface area contributed by atoms with Crippen molar-refractivity contribution in [2.75, 3.05) is 0 Å². The normalized spacial score (nSPS) is 14.3. The second-order valence-corrected chi connectivity index (χ2v) is 7.05. The Labute approximate surface area is 141 Å². The van der Waals surface area contributed by atoms with Gasteiger partial charge in [-0.25, -0.2) is 0 Å². The summed E-state index contributed by atoms with van der Waals surface area (Å²) in [6.07, 6.45) is 4.28. The number of thioether (sulfide) groups is 1.